The van der Waals surface area contributed by atoms with Crippen molar-refractivity contribution in [3.63, 3.8) is 0 Å². The Labute approximate surface area is 692 Å². The minimum atomic E-state index is 0.283. The minimum Gasteiger partial charge on any atom is -0.243 e. The molecule has 0 atom stereocenters. The quantitative estimate of drug-likeness (QED) is 0.115. The van der Waals surface area contributed by atoms with Crippen LogP contribution in [0.3, 0.4) is 0 Å². The van der Waals surface area contributed by atoms with Crippen LogP contribution in [0.1, 0.15) is 0 Å². The van der Waals surface area contributed by atoms with E-state index in [9.17, 15) is 0 Å². The summed E-state index contributed by atoms with van der Waals surface area (Å²) in [5.74, 6) is 0. The topological polar surface area (TPSA) is 155 Å². The highest BCUT2D eigenvalue weighted by molar-refractivity contribution is 7.26. The van der Waals surface area contributed by atoms with E-state index in [1.54, 1.807) is 97.8 Å². The van der Waals surface area contributed by atoms with Gasteiger partial charge in [-0.3, -0.25) is 0 Å². The molecule has 0 amide bonds. The molecule has 0 radical (unpaired) electrons. The molecule has 0 N–H and O–H groups in total. The third-order valence-electron chi connectivity index (χ3n) is 16.4. The average Bonchev–Trinajstić information content (AvgIpc) is 1.60. The van der Waals surface area contributed by atoms with Gasteiger partial charge in [0.1, 0.15) is 30.6 Å². The molecule has 0 aliphatic rings. The number of hydrogen-bond acceptors (Lipinski definition) is 19. The number of rotatable bonds is 6. The van der Waals surface area contributed by atoms with Crippen LogP contribution in [0.4, 0.5) is 0 Å². The smallest absolute Gasteiger partial charge is 0.224 e. The lowest BCUT2D eigenvalue weighted by atomic mass is 10.0. The fraction of sp³-hybridized carbons (Fsp3) is 0. The number of aromatic nitrogens is 12. The fourth-order valence-electron chi connectivity index (χ4n) is 11.4. The summed E-state index contributed by atoms with van der Waals surface area (Å²) < 4.78 is 6.79. The van der Waals surface area contributed by atoms with Gasteiger partial charge in [-0.1, -0.05) is 217 Å². The standard InChI is InChI=1S/2C18H11ClN2S.C16H9ClN2S.C12H7ClN2S.2C7H4ClNS.C6H3ClN2S/c19-18-20-15-9-10-22-17(15)16(21-18)14-8-4-7-13(11-14)12-5-2-1-3-6-12;19-18-20-15-10-11-22-17(15)16(21-18)14-8-6-13(7-9-14)12-4-2-1-3-5-12;17-16-18-13(10-6-2-1-3-7-10)15-14(19-16)11-8-4-5-9-12(11)20-15;13-12-14-10(8-4-2-1-3-5-8)9-6-7-16-11(9)15-12;8-7-3-5-1-2-10-6(5)4-9-7;8-7-2-1-6-5(9-7)3-4-10-6;7-5-3-8-6-4(9-5)1-2-10-6/h2*1-11H;1-9H;1-7H;2*1-4H;1-3H. The van der Waals surface area contributed by atoms with Gasteiger partial charge in [0.15, 0.2) is 0 Å². The summed E-state index contributed by atoms with van der Waals surface area (Å²) >= 11 is 52.5. The minimum absolute atomic E-state index is 0.283. The molecular formula is C84H49Cl7N12S7. The van der Waals surface area contributed by atoms with Crippen LogP contribution in [0, 0.1) is 0 Å². The lowest BCUT2D eigenvalue weighted by Gasteiger charge is -2.06. The van der Waals surface area contributed by atoms with E-state index >= 15 is 0 Å². The first-order valence-electron chi connectivity index (χ1n) is 33.2. The first-order valence-corrected chi connectivity index (χ1v) is 42.0. The molecule has 0 saturated heterocycles. The molecule has 536 valence electrons. The number of pyridine rings is 2. The maximum absolute atomic E-state index is 6.11. The molecule has 21 aromatic rings. The molecule has 110 heavy (non-hydrogen) atoms. The molecule has 14 heterocycles. The Bertz CT molecular complexity index is 6510. The SMILES string of the molecule is Clc1cc2ccsc2cn1.Clc1ccc2sccc2n1.Clc1cnc2sccc2n1.Clc1nc(-c2ccc(-c3ccccc3)cc2)c2sccc2n1.Clc1nc(-c2cccc(-c3ccccc3)c2)c2sccc2n1.Clc1nc(-c2ccccc2)c2ccsc2n1.Clc1nc(-c2ccccc2)c2sc3ccccc3c2n1. The molecule has 0 aliphatic carbocycles. The van der Waals surface area contributed by atoms with E-state index in [-0.39, 0.29) is 10.6 Å². The van der Waals surface area contributed by atoms with Crippen molar-refractivity contribution >= 4 is 242 Å². The third-order valence-corrected chi connectivity index (χ3v) is 24.0. The normalized spacial score (nSPS) is 10.9. The predicted octanol–water partition coefficient (Wildman–Crippen LogP) is 28.8. The van der Waals surface area contributed by atoms with Crippen LogP contribution in [0.15, 0.2) is 293 Å². The van der Waals surface area contributed by atoms with Crippen LogP contribution in [-0.4, -0.2) is 59.8 Å². The fourth-order valence-corrected chi connectivity index (χ4v) is 18.3. The van der Waals surface area contributed by atoms with E-state index in [2.05, 4.69) is 139 Å². The zero-order valence-corrected chi connectivity index (χ0v) is 67.7. The number of benzene rings is 7. The summed E-state index contributed by atoms with van der Waals surface area (Å²) in [4.78, 5) is 52.8. The summed E-state index contributed by atoms with van der Waals surface area (Å²) in [7, 11) is 0. The summed E-state index contributed by atoms with van der Waals surface area (Å²) in [5, 5.41) is 18.1. The van der Waals surface area contributed by atoms with Gasteiger partial charge in [0.25, 0.3) is 0 Å². The Morgan fingerprint density at radius 1 is 0.236 bits per heavy atom. The van der Waals surface area contributed by atoms with Crippen LogP contribution < -0.4 is 0 Å². The number of thiophene rings is 7. The molecular weight excluding hydrogens is 1650 g/mol. The van der Waals surface area contributed by atoms with Crippen molar-refractivity contribution in [1.29, 1.82) is 0 Å². The second kappa shape index (κ2) is 35.9. The van der Waals surface area contributed by atoms with Crippen LogP contribution in [0.25, 0.3) is 149 Å². The zero-order chi connectivity index (χ0) is 75.3. The lowest BCUT2D eigenvalue weighted by Crippen LogP contribution is -1.89. The molecule has 0 bridgehead atoms. The average molecular weight is 1700 g/mol. The van der Waals surface area contributed by atoms with Crippen molar-refractivity contribution in [3.05, 3.63) is 330 Å². The molecule has 0 aliphatic heterocycles. The largest absolute Gasteiger partial charge is 0.243 e. The monoisotopic (exact) mass is 1690 g/mol. The molecule has 0 unspecified atom stereocenters. The van der Waals surface area contributed by atoms with Gasteiger partial charge in [0.05, 0.1) is 74.5 Å². The number of nitrogens with zero attached hydrogens (tertiary/aromatic N) is 12. The van der Waals surface area contributed by atoms with E-state index in [4.69, 9.17) is 81.2 Å². The summed E-state index contributed by atoms with van der Waals surface area (Å²) in [6, 6.07) is 83.2. The lowest BCUT2D eigenvalue weighted by molar-refractivity contribution is 1.23. The maximum atomic E-state index is 6.11. The number of hydrogen-bond donors (Lipinski definition) is 0. The Kier molecular flexibility index (Phi) is 24.7. The van der Waals surface area contributed by atoms with E-state index in [1.165, 1.54) is 36.2 Å². The van der Waals surface area contributed by atoms with Gasteiger partial charge < -0.3 is 0 Å². The molecule has 0 fully saturated rings. The zero-order valence-electron chi connectivity index (χ0n) is 56.7. The number of fused-ring (bicyclic) bond motifs is 9. The van der Waals surface area contributed by atoms with Crippen molar-refractivity contribution < 1.29 is 0 Å². The van der Waals surface area contributed by atoms with Crippen molar-refractivity contribution in [2.24, 2.45) is 0 Å². The van der Waals surface area contributed by atoms with Gasteiger partial charge in [0, 0.05) is 43.9 Å². The second-order valence-corrected chi connectivity index (χ2v) is 32.5. The molecule has 21 rings (SSSR count). The maximum Gasteiger partial charge on any atom is 0.224 e. The van der Waals surface area contributed by atoms with Crippen molar-refractivity contribution in [1.82, 2.24) is 59.8 Å². The van der Waals surface area contributed by atoms with Gasteiger partial charge >= 0.3 is 0 Å². The first kappa shape index (κ1) is 75.7. The predicted molar refractivity (Wildman–Crippen MR) is 472 cm³/mol. The highest BCUT2D eigenvalue weighted by Gasteiger charge is 2.17. The van der Waals surface area contributed by atoms with Crippen molar-refractivity contribution in [2.75, 3.05) is 0 Å². The van der Waals surface area contributed by atoms with E-state index < -0.39 is 0 Å². The highest BCUT2D eigenvalue weighted by atomic mass is 35.5. The van der Waals surface area contributed by atoms with Crippen molar-refractivity contribution in [2.45, 2.75) is 0 Å². The summed E-state index contributed by atoms with van der Waals surface area (Å²) in [6.45, 7) is 0. The Hall–Kier alpha value is -9.75. The molecule has 0 spiro atoms. The van der Waals surface area contributed by atoms with Gasteiger partial charge in [-0.15, -0.1) is 79.4 Å². The number of halogens is 7. The summed E-state index contributed by atoms with van der Waals surface area (Å²) in [5.41, 5.74) is 17.1. The van der Waals surface area contributed by atoms with Gasteiger partial charge in [0.2, 0.25) is 21.1 Å². The highest BCUT2D eigenvalue weighted by Crippen LogP contribution is 2.40. The second-order valence-electron chi connectivity index (χ2n) is 23.4. The van der Waals surface area contributed by atoms with Gasteiger partial charge in [-0.2, -0.15) is 0 Å². The van der Waals surface area contributed by atoms with Crippen LogP contribution in [-0.2, 0) is 0 Å². The van der Waals surface area contributed by atoms with Gasteiger partial charge in [-0.05, 0) is 173 Å². The Morgan fingerprint density at radius 3 is 1.40 bits per heavy atom. The molecule has 12 nitrogen and oxygen atoms in total. The first-order chi connectivity index (χ1) is 53.9. The Morgan fingerprint density at radius 2 is 0.709 bits per heavy atom. The van der Waals surface area contributed by atoms with Crippen molar-refractivity contribution in [3.8, 4) is 67.3 Å². The van der Waals surface area contributed by atoms with E-state index in [0.29, 0.717) is 26.0 Å². The van der Waals surface area contributed by atoms with Crippen LogP contribution >= 0.6 is 161 Å². The molecule has 26 heteroatoms. The molecule has 0 saturated carbocycles. The van der Waals surface area contributed by atoms with E-state index in [1.807, 2.05) is 196 Å². The van der Waals surface area contributed by atoms with E-state index in [0.717, 1.165) is 113 Å². The summed E-state index contributed by atoms with van der Waals surface area (Å²) in [6.07, 6.45) is 3.35. The molecule has 7 aromatic carbocycles. The van der Waals surface area contributed by atoms with Gasteiger partial charge in [-0.25, -0.2) is 59.8 Å². The van der Waals surface area contributed by atoms with Crippen LogP contribution in [0.5, 0.6) is 0 Å². The Balaban J connectivity index is 0.000000104. The third kappa shape index (κ3) is 18.5. The van der Waals surface area contributed by atoms with Crippen LogP contribution in [0.2, 0.25) is 36.6 Å². The molecule has 14 aromatic heterocycles.